The summed E-state index contributed by atoms with van der Waals surface area (Å²) in [7, 11) is 0. The van der Waals surface area contributed by atoms with Crippen molar-refractivity contribution in [3.05, 3.63) is 70.2 Å². The number of benzene rings is 2. The Balaban J connectivity index is 1.93. The number of aromatic nitrogens is 2. The highest BCUT2D eigenvalue weighted by Crippen LogP contribution is 2.34. The summed E-state index contributed by atoms with van der Waals surface area (Å²) in [4.78, 5) is 0. The molecule has 21 heavy (non-hydrogen) atoms. The Morgan fingerprint density at radius 3 is 2.48 bits per heavy atom. The van der Waals surface area contributed by atoms with Gasteiger partial charge in [0.25, 0.3) is 0 Å². The van der Waals surface area contributed by atoms with Gasteiger partial charge in [0.15, 0.2) is 0 Å². The van der Waals surface area contributed by atoms with Gasteiger partial charge in [-0.05, 0) is 25.0 Å². The molecule has 0 radical (unpaired) electrons. The molecule has 2 nitrogen and oxygen atoms in total. The van der Waals surface area contributed by atoms with Gasteiger partial charge < -0.3 is 0 Å². The van der Waals surface area contributed by atoms with Gasteiger partial charge in [-0.2, -0.15) is 0 Å². The van der Waals surface area contributed by atoms with E-state index in [-0.39, 0.29) is 5.38 Å². The number of halogens is 1. The standard InChI is InChI=1S/C17H15ClN2S/c1-11-8-9-14(12(2)10-11)16-19-20-17(21-16)15(18)13-6-4-3-5-7-13/h3-10,15H,1-2H3. The molecule has 2 aromatic carbocycles. The fourth-order valence-corrected chi connectivity index (χ4v) is 3.53. The summed E-state index contributed by atoms with van der Waals surface area (Å²) in [6.45, 7) is 4.19. The van der Waals surface area contributed by atoms with Crippen LogP contribution in [0.2, 0.25) is 0 Å². The summed E-state index contributed by atoms with van der Waals surface area (Å²) in [6, 6.07) is 16.3. The van der Waals surface area contributed by atoms with Crippen LogP contribution in [0.15, 0.2) is 48.5 Å². The molecule has 0 saturated heterocycles. The maximum atomic E-state index is 6.51. The highest BCUT2D eigenvalue weighted by molar-refractivity contribution is 7.15. The number of hydrogen-bond donors (Lipinski definition) is 0. The number of hydrogen-bond acceptors (Lipinski definition) is 3. The highest BCUT2D eigenvalue weighted by atomic mass is 35.5. The van der Waals surface area contributed by atoms with Crippen LogP contribution >= 0.6 is 22.9 Å². The van der Waals surface area contributed by atoms with Crippen LogP contribution in [-0.2, 0) is 0 Å². The predicted octanol–water partition coefficient (Wildman–Crippen LogP) is 5.15. The van der Waals surface area contributed by atoms with Crippen LogP contribution in [0.25, 0.3) is 10.6 Å². The Labute approximate surface area is 133 Å². The van der Waals surface area contributed by atoms with Crippen LogP contribution in [0.4, 0.5) is 0 Å². The molecule has 0 aliphatic rings. The Morgan fingerprint density at radius 2 is 1.76 bits per heavy atom. The zero-order chi connectivity index (χ0) is 14.8. The average molecular weight is 315 g/mol. The minimum Gasteiger partial charge on any atom is -0.141 e. The zero-order valence-electron chi connectivity index (χ0n) is 11.9. The summed E-state index contributed by atoms with van der Waals surface area (Å²) in [5, 5.41) is 10.1. The van der Waals surface area contributed by atoms with Crippen LogP contribution in [-0.4, -0.2) is 10.2 Å². The fraction of sp³-hybridized carbons (Fsp3) is 0.176. The van der Waals surface area contributed by atoms with E-state index in [0.717, 1.165) is 21.1 Å². The van der Waals surface area contributed by atoms with Gasteiger partial charge in [-0.1, -0.05) is 65.4 Å². The Bertz CT molecular complexity index is 752. The molecule has 3 aromatic rings. The molecule has 0 fully saturated rings. The molecule has 1 heterocycles. The summed E-state index contributed by atoms with van der Waals surface area (Å²) in [6.07, 6.45) is 0. The Kier molecular flexibility index (Phi) is 4.04. The van der Waals surface area contributed by atoms with E-state index in [1.54, 1.807) is 11.3 Å². The lowest BCUT2D eigenvalue weighted by molar-refractivity contribution is 0.987. The third-order valence-corrected chi connectivity index (χ3v) is 4.97. The molecular weight excluding hydrogens is 300 g/mol. The number of nitrogens with zero attached hydrogens (tertiary/aromatic N) is 2. The average Bonchev–Trinajstić information content (AvgIpc) is 2.97. The number of rotatable bonds is 3. The predicted molar refractivity (Wildman–Crippen MR) is 89.0 cm³/mol. The molecule has 0 aliphatic heterocycles. The number of aryl methyl sites for hydroxylation is 2. The normalized spacial score (nSPS) is 12.3. The first-order valence-corrected chi connectivity index (χ1v) is 8.00. The lowest BCUT2D eigenvalue weighted by Crippen LogP contribution is -1.91. The van der Waals surface area contributed by atoms with Crippen LogP contribution in [0.1, 0.15) is 27.1 Å². The van der Waals surface area contributed by atoms with Gasteiger partial charge in [-0.3, -0.25) is 0 Å². The molecule has 0 saturated carbocycles. The first kappa shape index (κ1) is 14.2. The van der Waals surface area contributed by atoms with E-state index in [9.17, 15) is 0 Å². The van der Waals surface area contributed by atoms with E-state index >= 15 is 0 Å². The van der Waals surface area contributed by atoms with Crippen molar-refractivity contribution in [1.29, 1.82) is 0 Å². The van der Waals surface area contributed by atoms with Crippen molar-refractivity contribution >= 4 is 22.9 Å². The summed E-state index contributed by atoms with van der Waals surface area (Å²) in [5.41, 5.74) is 4.63. The smallest absolute Gasteiger partial charge is 0.141 e. The van der Waals surface area contributed by atoms with Crippen LogP contribution < -0.4 is 0 Å². The largest absolute Gasteiger partial charge is 0.148 e. The maximum absolute atomic E-state index is 6.51. The van der Waals surface area contributed by atoms with Crippen molar-refractivity contribution in [2.45, 2.75) is 19.2 Å². The second-order valence-corrected chi connectivity index (χ2v) is 6.48. The van der Waals surface area contributed by atoms with Crippen molar-refractivity contribution in [3.8, 4) is 10.6 Å². The van der Waals surface area contributed by atoms with Crippen LogP contribution in [0.5, 0.6) is 0 Å². The monoisotopic (exact) mass is 314 g/mol. The van der Waals surface area contributed by atoms with Gasteiger partial charge in [0.05, 0.1) is 0 Å². The first-order valence-electron chi connectivity index (χ1n) is 6.75. The molecule has 1 aromatic heterocycles. The SMILES string of the molecule is Cc1ccc(-c2nnc(C(Cl)c3ccccc3)s2)c(C)c1. The van der Waals surface area contributed by atoms with Crippen molar-refractivity contribution in [3.63, 3.8) is 0 Å². The van der Waals surface area contributed by atoms with Gasteiger partial charge >= 0.3 is 0 Å². The molecule has 0 amide bonds. The molecule has 0 spiro atoms. The maximum Gasteiger partial charge on any atom is 0.148 e. The van der Waals surface area contributed by atoms with Crippen molar-refractivity contribution in [1.82, 2.24) is 10.2 Å². The van der Waals surface area contributed by atoms with Crippen molar-refractivity contribution in [2.75, 3.05) is 0 Å². The molecule has 0 bridgehead atoms. The molecule has 4 heteroatoms. The summed E-state index contributed by atoms with van der Waals surface area (Å²) < 4.78 is 0. The van der Waals surface area contributed by atoms with Gasteiger partial charge in [0, 0.05) is 5.56 Å². The molecular formula is C17H15ClN2S. The molecule has 1 atom stereocenters. The van der Waals surface area contributed by atoms with E-state index in [4.69, 9.17) is 11.6 Å². The van der Waals surface area contributed by atoms with E-state index in [1.165, 1.54) is 11.1 Å². The second kappa shape index (κ2) is 5.96. The first-order chi connectivity index (χ1) is 10.1. The highest BCUT2D eigenvalue weighted by Gasteiger charge is 2.17. The zero-order valence-corrected chi connectivity index (χ0v) is 13.4. The molecule has 1 unspecified atom stereocenters. The molecule has 0 aliphatic carbocycles. The van der Waals surface area contributed by atoms with E-state index in [1.807, 2.05) is 30.3 Å². The lowest BCUT2D eigenvalue weighted by atomic mass is 10.1. The van der Waals surface area contributed by atoms with Gasteiger partial charge in [0.2, 0.25) is 0 Å². The Hall–Kier alpha value is -1.71. The Morgan fingerprint density at radius 1 is 1.00 bits per heavy atom. The molecule has 106 valence electrons. The number of alkyl halides is 1. The minimum atomic E-state index is -0.247. The van der Waals surface area contributed by atoms with Gasteiger partial charge in [0.1, 0.15) is 15.4 Å². The van der Waals surface area contributed by atoms with Crippen molar-refractivity contribution < 1.29 is 0 Å². The summed E-state index contributed by atoms with van der Waals surface area (Å²) >= 11 is 8.06. The van der Waals surface area contributed by atoms with Crippen molar-refractivity contribution in [2.24, 2.45) is 0 Å². The lowest BCUT2D eigenvalue weighted by Gasteiger charge is -2.05. The third kappa shape index (κ3) is 2.99. The minimum absolute atomic E-state index is 0.247. The molecule has 0 N–H and O–H groups in total. The van der Waals surface area contributed by atoms with Gasteiger partial charge in [-0.25, -0.2) is 0 Å². The molecule has 3 rings (SSSR count). The van der Waals surface area contributed by atoms with E-state index in [2.05, 4.69) is 42.2 Å². The van der Waals surface area contributed by atoms with E-state index < -0.39 is 0 Å². The quantitative estimate of drug-likeness (QED) is 0.625. The van der Waals surface area contributed by atoms with Crippen LogP contribution in [0.3, 0.4) is 0 Å². The summed E-state index contributed by atoms with van der Waals surface area (Å²) in [5.74, 6) is 0. The van der Waals surface area contributed by atoms with E-state index in [0.29, 0.717) is 0 Å². The second-order valence-electron chi connectivity index (χ2n) is 5.04. The third-order valence-electron chi connectivity index (χ3n) is 3.36. The fourth-order valence-electron chi connectivity index (χ4n) is 2.26. The van der Waals surface area contributed by atoms with Gasteiger partial charge in [-0.15, -0.1) is 21.8 Å². The topological polar surface area (TPSA) is 25.8 Å². The van der Waals surface area contributed by atoms with Crippen LogP contribution in [0, 0.1) is 13.8 Å².